The summed E-state index contributed by atoms with van der Waals surface area (Å²) in [6.07, 6.45) is 7.91. The number of hydrogen-bond acceptors (Lipinski definition) is 6. The Morgan fingerprint density at radius 2 is 1.97 bits per heavy atom. The van der Waals surface area contributed by atoms with Crippen LogP contribution in [0.4, 0.5) is 0 Å². The Morgan fingerprint density at radius 1 is 1.12 bits per heavy atom. The van der Waals surface area contributed by atoms with E-state index in [9.17, 15) is 9.90 Å². The lowest BCUT2D eigenvalue weighted by atomic mass is 9.95. The van der Waals surface area contributed by atoms with Crippen LogP contribution in [0.15, 0.2) is 41.7 Å². The zero-order valence-electron chi connectivity index (χ0n) is 18.5. The zero-order valence-corrected chi connectivity index (χ0v) is 18.5. The summed E-state index contributed by atoms with van der Waals surface area (Å²) in [4.78, 5) is 22.5. The van der Waals surface area contributed by atoms with Gasteiger partial charge in [-0.2, -0.15) is 0 Å². The van der Waals surface area contributed by atoms with E-state index < -0.39 is 6.10 Å². The fourth-order valence-corrected chi connectivity index (χ4v) is 4.64. The smallest absolute Gasteiger partial charge is 0.261 e. The van der Waals surface area contributed by atoms with Crippen molar-refractivity contribution in [2.24, 2.45) is 7.05 Å². The second kappa shape index (κ2) is 7.94. The van der Waals surface area contributed by atoms with Gasteiger partial charge in [0.05, 0.1) is 41.3 Å². The maximum absolute atomic E-state index is 13.3. The van der Waals surface area contributed by atoms with Crippen LogP contribution in [0.3, 0.4) is 0 Å². The average molecular weight is 431 g/mol. The van der Waals surface area contributed by atoms with Crippen molar-refractivity contribution in [1.29, 1.82) is 0 Å². The first-order valence-corrected chi connectivity index (χ1v) is 10.9. The standard InChI is InChI=1S/C24H26N6O2/c1-14-15(2)23-18(24(32)30(13-26-23)21-5-4-6-22(21)31)10-17(14)9-16-7-8-19(25-11-16)20-12-29(3)28-27-20/h7-8,10-13,21-22,31H,4-6,9H2,1-3H3/t21-,22-/m0/s1. The molecule has 5 rings (SSSR count). The molecule has 0 aliphatic heterocycles. The van der Waals surface area contributed by atoms with Gasteiger partial charge in [0, 0.05) is 13.2 Å². The molecule has 1 aliphatic carbocycles. The van der Waals surface area contributed by atoms with Gasteiger partial charge in [-0.25, -0.2) is 4.98 Å². The van der Waals surface area contributed by atoms with Crippen molar-refractivity contribution in [3.8, 4) is 11.4 Å². The third-order valence-corrected chi connectivity index (χ3v) is 6.63. The zero-order chi connectivity index (χ0) is 22.4. The molecule has 0 spiro atoms. The molecular weight excluding hydrogens is 404 g/mol. The van der Waals surface area contributed by atoms with Gasteiger partial charge < -0.3 is 5.11 Å². The Morgan fingerprint density at radius 3 is 2.62 bits per heavy atom. The van der Waals surface area contributed by atoms with Crippen LogP contribution < -0.4 is 5.56 Å². The number of fused-ring (bicyclic) bond motifs is 1. The number of nitrogens with zero attached hydrogens (tertiary/aromatic N) is 6. The van der Waals surface area contributed by atoms with Crippen LogP contribution in [-0.2, 0) is 13.5 Å². The SMILES string of the molecule is Cc1c(Cc2ccc(-c3cn(C)nn3)nc2)cc2c(=O)n([C@H]3CCC[C@@H]3O)cnc2c1C. The van der Waals surface area contributed by atoms with Crippen LogP contribution in [0, 0.1) is 13.8 Å². The van der Waals surface area contributed by atoms with Crippen LogP contribution in [0.2, 0.25) is 0 Å². The predicted octanol–water partition coefficient (Wildman–Crippen LogP) is 2.88. The van der Waals surface area contributed by atoms with Crippen molar-refractivity contribution in [2.45, 2.75) is 51.7 Å². The van der Waals surface area contributed by atoms with Crippen LogP contribution in [0.25, 0.3) is 22.3 Å². The number of hydrogen-bond donors (Lipinski definition) is 1. The molecular formula is C24H26N6O2. The molecule has 4 aromatic rings. The Bertz CT molecular complexity index is 1360. The maximum Gasteiger partial charge on any atom is 0.261 e. The van der Waals surface area contributed by atoms with E-state index in [0.717, 1.165) is 58.4 Å². The molecule has 8 heteroatoms. The largest absolute Gasteiger partial charge is 0.391 e. The highest BCUT2D eigenvalue weighted by atomic mass is 16.3. The summed E-state index contributed by atoms with van der Waals surface area (Å²) in [5.41, 5.74) is 6.42. The minimum Gasteiger partial charge on any atom is -0.391 e. The molecule has 8 nitrogen and oxygen atoms in total. The molecule has 3 aromatic heterocycles. The van der Waals surface area contributed by atoms with E-state index >= 15 is 0 Å². The van der Waals surface area contributed by atoms with E-state index in [-0.39, 0.29) is 11.6 Å². The van der Waals surface area contributed by atoms with Gasteiger partial charge in [0.1, 0.15) is 5.69 Å². The van der Waals surface area contributed by atoms with E-state index in [4.69, 9.17) is 0 Å². The molecule has 1 aromatic carbocycles. The number of aromatic nitrogens is 6. The van der Waals surface area contributed by atoms with Gasteiger partial charge in [0.25, 0.3) is 5.56 Å². The highest BCUT2D eigenvalue weighted by molar-refractivity contribution is 5.83. The predicted molar refractivity (Wildman–Crippen MR) is 121 cm³/mol. The molecule has 0 bridgehead atoms. The van der Waals surface area contributed by atoms with Gasteiger partial charge in [0.2, 0.25) is 0 Å². The first-order valence-electron chi connectivity index (χ1n) is 10.9. The van der Waals surface area contributed by atoms with Gasteiger partial charge >= 0.3 is 0 Å². The summed E-state index contributed by atoms with van der Waals surface area (Å²) in [5.74, 6) is 0. The summed E-state index contributed by atoms with van der Waals surface area (Å²) in [6, 6.07) is 5.74. The molecule has 0 unspecified atom stereocenters. The monoisotopic (exact) mass is 430 g/mol. The van der Waals surface area contributed by atoms with E-state index in [1.165, 1.54) is 0 Å². The molecule has 0 radical (unpaired) electrons. The summed E-state index contributed by atoms with van der Waals surface area (Å²) < 4.78 is 3.27. The molecule has 32 heavy (non-hydrogen) atoms. The molecule has 2 atom stereocenters. The van der Waals surface area contributed by atoms with Crippen molar-refractivity contribution in [3.63, 3.8) is 0 Å². The first-order chi connectivity index (χ1) is 15.4. The van der Waals surface area contributed by atoms with Gasteiger partial charge in [-0.3, -0.25) is 19.0 Å². The summed E-state index contributed by atoms with van der Waals surface area (Å²) >= 11 is 0. The van der Waals surface area contributed by atoms with Gasteiger partial charge in [0.15, 0.2) is 0 Å². The second-order valence-electron chi connectivity index (χ2n) is 8.71. The maximum atomic E-state index is 13.3. The van der Waals surface area contributed by atoms with Crippen molar-refractivity contribution in [1.82, 2.24) is 29.5 Å². The van der Waals surface area contributed by atoms with E-state index in [1.807, 2.05) is 44.6 Å². The topological polar surface area (TPSA) is 98.7 Å². The van der Waals surface area contributed by atoms with E-state index in [2.05, 4.69) is 27.2 Å². The fourth-order valence-electron chi connectivity index (χ4n) is 4.64. The van der Waals surface area contributed by atoms with Crippen LogP contribution >= 0.6 is 0 Å². The Labute approximate surface area is 185 Å². The highest BCUT2D eigenvalue weighted by Crippen LogP contribution is 2.30. The van der Waals surface area contributed by atoms with Gasteiger partial charge in [-0.1, -0.05) is 11.3 Å². The van der Waals surface area contributed by atoms with Crippen molar-refractivity contribution in [2.75, 3.05) is 0 Å². The number of pyridine rings is 1. The Hall–Kier alpha value is -3.39. The van der Waals surface area contributed by atoms with Gasteiger partial charge in [-0.05, 0) is 73.9 Å². The quantitative estimate of drug-likeness (QED) is 0.535. The normalized spacial score (nSPS) is 18.5. The number of aliphatic hydroxyl groups excluding tert-OH is 1. The van der Waals surface area contributed by atoms with Crippen LogP contribution in [0.5, 0.6) is 0 Å². The third kappa shape index (κ3) is 3.50. The lowest BCUT2D eigenvalue weighted by Gasteiger charge is -2.19. The van der Waals surface area contributed by atoms with Gasteiger partial charge in [-0.15, -0.1) is 5.10 Å². The van der Waals surface area contributed by atoms with Crippen LogP contribution in [-0.4, -0.2) is 40.7 Å². The molecule has 0 saturated heterocycles. The lowest BCUT2D eigenvalue weighted by molar-refractivity contribution is 0.134. The van der Waals surface area contributed by atoms with Crippen molar-refractivity contribution < 1.29 is 5.11 Å². The molecule has 1 aliphatic rings. The molecule has 164 valence electrons. The number of aryl methyl sites for hydroxylation is 2. The first kappa shape index (κ1) is 20.5. The third-order valence-electron chi connectivity index (χ3n) is 6.63. The average Bonchev–Trinajstić information content (AvgIpc) is 3.41. The van der Waals surface area contributed by atoms with Crippen molar-refractivity contribution >= 4 is 10.9 Å². The Balaban J connectivity index is 1.51. The number of benzene rings is 1. The molecule has 0 amide bonds. The minimum absolute atomic E-state index is 0.0820. The molecule has 1 fully saturated rings. The number of rotatable bonds is 4. The summed E-state index contributed by atoms with van der Waals surface area (Å²) in [5, 5.41) is 19.0. The lowest BCUT2D eigenvalue weighted by Crippen LogP contribution is -2.29. The number of aliphatic hydroxyl groups is 1. The molecule has 3 heterocycles. The van der Waals surface area contributed by atoms with E-state index in [1.54, 1.807) is 15.6 Å². The fraction of sp³-hybridized carbons (Fsp3) is 0.375. The summed E-state index contributed by atoms with van der Waals surface area (Å²) in [6.45, 7) is 4.08. The second-order valence-corrected chi connectivity index (χ2v) is 8.71. The summed E-state index contributed by atoms with van der Waals surface area (Å²) in [7, 11) is 1.83. The molecule has 1 N–H and O–H groups in total. The highest BCUT2D eigenvalue weighted by Gasteiger charge is 2.28. The minimum atomic E-state index is -0.489. The van der Waals surface area contributed by atoms with Crippen LogP contribution in [0.1, 0.15) is 47.6 Å². The Kier molecular flexibility index (Phi) is 5.09. The van der Waals surface area contributed by atoms with E-state index in [0.29, 0.717) is 11.8 Å². The van der Waals surface area contributed by atoms with Crippen molar-refractivity contribution in [3.05, 3.63) is 69.5 Å². The molecule has 1 saturated carbocycles.